The molecule has 5 nitrogen and oxygen atoms in total. The first-order valence-corrected chi connectivity index (χ1v) is 10.4. The number of imidazole rings is 1. The zero-order valence-electron chi connectivity index (χ0n) is 16.1. The molecular weight excluding hydrogens is 432 g/mol. The SMILES string of the molecule is CCCCc1nccn1Cc1ccc2oc(-c3ccccc3C(=O)O)c(Br)c2c1. The average Bonchev–Trinajstić information content (AvgIpc) is 3.30. The van der Waals surface area contributed by atoms with Crippen molar-refractivity contribution in [1.29, 1.82) is 0 Å². The molecule has 2 heterocycles. The minimum atomic E-state index is -0.978. The highest BCUT2D eigenvalue weighted by molar-refractivity contribution is 9.10. The summed E-state index contributed by atoms with van der Waals surface area (Å²) in [6.45, 7) is 2.91. The Morgan fingerprint density at radius 3 is 2.86 bits per heavy atom. The van der Waals surface area contributed by atoms with Crippen molar-refractivity contribution in [2.24, 2.45) is 0 Å². The Kier molecular flexibility index (Phi) is 5.53. The van der Waals surface area contributed by atoms with Crippen LogP contribution in [-0.4, -0.2) is 20.6 Å². The maximum absolute atomic E-state index is 11.6. The van der Waals surface area contributed by atoms with Crippen molar-refractivity contribution in [2.45, 2.75) is 32.7 Å². The third kappa shape index (κ3) is 3.85. The third-order valence-electron chi connectivity index (χ3n) is 5.00. The number of nitrogens with zero attached hydrogens (tertiary/aromatic N) is 2. The molecule has 0 radical (unpaired) electrons. The fourth-order valence-corrected chi connectivity index (χ4v) is 4.10. The van der Waals surface area contributed by atoms with Gasteiger partial charge in [0.25, 0.3) is 0 Å². The summed E-state index contributed by atoms with van der Waals surface area (Å²) in [4.78, 5) is 16.1. The molecule has 0 saturated heterocycles. The number of furan rings is 1. The summed E-state index contributed by atoms with van der Waals surface area (Å²) in [5, 5.41) is 10.4. The van der Waals surface area contributed by atoms with Gasteiger partial charge in [0, 0.05) is 36.3 Å². The maximum Gasteiger partial charge on any atom is 0.336 e. The molecule has 0 saturated carbocycles. The lowest BCUT2D eigenvalue weighted by Gasteiger charge is -2.08. The number of hydrogen-bond donors (Lipinski definition) is 1. The number of carboxylic acids is 1. The second-order valence-electron chi connectivity index (χ2n) is 7.00. The Morgan fingerprint density at radius 1 is 1.24 bits per heavy atom. The minimum absolute atomic E-state index is 0.214. The summed E-state index contributed by atoms with van der Waals surface area (Å²) < 4.78 is 8.95. The van der Waals surface area contributed by atoms with E-state index >= 15 is 0 Å². The predicted octanol–water partition coefficient (Wildman–Crippen LogP) is 6.15. The van der Waals surface area contributed by atoms with E-state index in [0.717, 1.165) is 47.1 Å². The van der Waals surface area contributed by atoms with Crippen LogP contribution in [0.4, 0.5) is 0 Å². The van der Waals surface area contributed by atoms with Crippen LogP contribution >= 0.6 is 15.9 Å². The highest BCUT2D eigenvalue weighted by atomic mass is 79.9. The lowest BCUT2D eigenvalue weighted by molar-refractivity contribution is 0.0697. The number of fused-ring (bicyclic) bond motifs is 1. The Balaban J connectivity index is 1.71. The number of halogens is 1. The van der Waals surface area contributed by atoms with Crippen molar-refractivity contribution in [3.63, 3.8) is 0 Å². The van der Waals surface area contributed by atoms with Crippen molar-refractivity contribution in [3.05, 3.63) is 76.3 Å². The van der Waals surface area contributed by atoms with Gasteiger partial charge >= 0.3 is 5.97 Å². The van der Waals surface area contributed by atoms with Crippen molar-refractivity contribution in [1.82, 2.24) is 9.55 Å². The Hall–Kier alpha value is -2.86. The second-order valence-corrected chi connectivity index (χ2v) is 7.79. The van der Waals surface area contributed by atoms with Crippen LogP contribution < -0.4 is 0 Å². The topological polar surface area (TPSA) is 68.3 Å². The number of benzene rings is 2. The van der Waals surface area contributed by atoms with Crippen LogP contribution in [0.3, 0.4) is 0 Å². The average molecular weight is 453 g/mol. The van der Waals surface area contributed by atoms with Crippen LogP contribution in [0.15, 0.2) is 63.7 Å². The molecule has 2 aromatic heterocycles. The van der Waals surface area contributed by atoms with Gasteiger partial charge in [0.1, 0.15) is 17.2 Å². The molecule has 0 aliphatic rings. The summed E-state index contributed by atoms with van der Waals surface area (Å²) in [7, 11) is 0. The van der Waals surface area contributed by atoms with Gasteiger partial charge in [-0.15, -0.1) is 0 Å². The van der Waals surface area contributed by atoms with Crippen molar-refractivity contribution < 1.29 is 14.3 Å². The van der Waals surface area contributed by atoms with Gasteiger partial charge in [-0.2, -0.15) is 0 Å². The van der Waals surface area contributed by atoms with E-state index in [-0.39, 0.29) is 5.56 Å². The van der Waals surface area contributed by atoms with Gasteiger partial charge in [-0.05, 0) is 46.1 Å². The molecule has 0 aliphatic carbocycles. The number of rotatable bonds is 7. The normalized spacial score (nSPS) is 11.2. The summed E-state index contributed by atoms with van der Waals surface area (Å²) in [5.41, 5.74) is 2.62. The molecule has 29 heavy (non-hydrogen) atoms. The quantitative estimate of drug-likeness (QED) is 0.365. The molecule has 0 aliphatic heterocycles. The van der Waals surface area contributed by atoms with E-state index in [1.54, 1.807) is 18.2 Å². The van der Waals surface area contributed by atoms with Crippen LogP contribution in [0.2, 0.25) is 0 Å². The highest BCUT2D eigenvalue weighted by Crippen LogP contribution is 2.39. The van der Waals surface area contributed by atoms with Crippen molar-refractivity contribution in [3.8, 4) is 11.3 Å². The number of carboxylic acid groups (broad SMARTS) is 1. The molecule has 0 bridgehead atoms. The van der Waals surface area contributed by atoms with Crippen LogP contribution in [0.5, 0.6) is 0 Å². The van der Waals surface area contributed by atoms with Gasteiger partial charge in [-0.1, -0.05) is 37.6 Å². The lowest BCUT2D eigenvalue weighted by Crippen LogP contribution is -2.04. The molecule has 148 valence electrons. The first-order valence-electron chi connectivity index (χ1n) is 9.62. The van der Waals surface area contributed by atoms with Gasteiger partial charge in [0.05, 0.1) is 10.0 Å². The van der Waals surface area contributed by atoms with E-state index in [9.17, 15) is 9.90 Å². The molecule has 0 unspecified atom stereocenters. The van der Waals surface area contributed by atoms with Gasteiger partial charge in [0.15, 0.2) is 0 Å². The first kappa shape index (κ1) is 19.5. The fraction of sp³-hybridized carbons (Fsp3) is 0.217. The molecule has 2 aromatic carbocycles. The van der Waals surface area contributed by atoms with Crippen molar-refractivity contribution in [2.75, 3.05) is 0 Å². The van der Waals surface area contributed by atoms with E-state index < -0.39 is 5.97 Å². The van der Waals surface area contributed by atoms with Gasteiger partial charge < -0.3 is 14.1 Å². The van der Waals surface area contributed by atoms with Crippen LogP contribution in [0.1, 0.15) is 41.5 Å². The Bertz CT molecular complexity index is 1180. The molecule has 0 atom stereocenters. The van der Waals surface area contributed by atoms with Crippen LogP contribution in [-0.2, 0) is 13.0 Å². The number of hydrogen-bond acceptors (Lipinski definition) is 3. The molecule has 0 fully saturated rings. The molecule has 0 spiro atoms. The van der Waals surface area contributed by atoms with Crippen molar-refractivity contribution >= 4 is 32.9 Å². The smallest absolute Gasteiger partial charge is 0.336 e. The zero-order valence-corrected chi connectivity index (χ0v) is 17.6. The number of aromatic carboxylic acids is 1. The molecule has 4 aromatic rings. The van der Waals surface area contributed by atoms with Gasteiger partial charge in [-0.3, -0.25) is 0 Å². The van der Waals surface area contributed by atoms with E-state index in [1.165, 1.54) is 0 Å². The molecular formula is C23H21BrN2O3. The van der Waals surface area contributed by atoms with Crippen LogP contribution in [0.25, 0.3) is 22.3 Å². The summed E-state index contributed by atoms with van der Waals surface area (Å²) in [6, 6.07) is 12.9. The van der Waals surface area contributed by atoms with E-state index in [0.29, 0.717) is 16.9 Å². The number of carbonyl (C=O) groups is 1. The second kappa shape index (κ2) is 8.25. The maximum atomic E-state index is 11.6. The summed E-state index contributed by atoms with van der Waals surface area (Å²) >= 11 is 3.63. The standard InChI is InChI=1S/C23H21BrN2O3/c1-2-3-8-20-25-11-12-26(20)14-15-9-10-19-18(13-15)21(24)22(29-19)16-6-4-5-7-17(16)23(27)28/h4-7,9-13H,2-3,8,14H2,1H3,(H,27,28). The zero-order chi connectivity index (χ0) is 20.4. The number of aromatic nitrogens is 2. The molecule has 1 N–H and O–H groups in total. The van der Waals surface area contributed by atoms with Crippen LogP contribution in [0, 0.1) is 0 Å². The Labute approximate surface area is 177 Å². The van der Waals surface area contributed by atoms with Gasteiger partial charge in [0.2, 0.25) is 0 Å². The number of unbranched alkanes of at least 4 members (excludes halogenated alkanes) is 1. The molecule has 0 amide bonds. The summed E-state index contributed by atoms with van der Waals surface area (Å²) in [6.07, 6.45) is 7.08. The molecule has 4 rings (SSSR count). The summed E-state index contributed by atoms with van der Waals surface area (Å²) in [5.74, 6) is 0.643. The van der Waals surface area contributed by atoms with E-state index in [4.69, 9.17) is 4.42 Å². The molecule has 6 heteroatoms. The first-order chi connectivity index (χ1) is 14.1. The third-order valence-corrected chi connectivity index (χ3v) is 5.79. The largest absolute Gasteiger partial charge is 0.478 e. The minimum Gasteiger partial charge on any atom is -0.478 e. The fourth-order valence-electron chi connectivity index (χ4n) is 3.50. The monoisotopic (exact) mass is 452 g/mol. The lowest BCUT2D eigenvalue weighted by atomic mass is 10.0. The van der Waals surface area contributed by atoms with Gasteiger partial charge in [-0.25, -0.2) is 9.78 Å². The predicted molar refractivity (Wildman–Crippen MR) is 116 cm³/mol. The highest BCUT2D eigenvalue weighted by Gasteiger charge is 2.19. The van der Waals surface area contributed by atoms with E-state index in [1.807, 2.05) is 30.6 Å². The number of aryl methyl sites for hydroxylation is 1. The Morgan fingerprint density at radius 2 is 2.07 bits per heavy atom. The van der Waals surface area contributed by atoms with E-state index in [2.05, 4.69) is 38.5 Å².